The topological polar surface area (TPSA) is 26.3 Å². The van der Waals surface area contributed by atoms with Crippen LogP contribution in [0.3, 0.4) is 0 Å². The van der Waals surface area contributed by atoms with Crippen LogP contribution in [0.1, 0.15) is 27.0 Å². The molecule has 2 nitrogen and oxygen atoms in total. The van der Waals surface area contributed by atoms with Crippen molar-refractivity contribution in [2.75, 3.05) is 0 Å². The van der Waals surface area contributed by atoms with E-state index in [-0.39, 0.29) is 5.78 Å². The van der Waals surface area contributed by atoms with Crippen LogP contribution in [0.2, 0.25) is 0 Å². The van der Waals surface area contributed by atoms with E-state index in [0.29, 0.717) is 11.3 Å². The van der Waals surface area contributed by atoms with E-state index in [1.54, 1.807) is 6.07 Å². The van der Waals surface area contributed by atoms with Crippen LogP contribution in [0.5, 0.6) is 5.75 Å². The number of rotatable bonds is 1. The van der Waals surface area contributed by atoms with E-state index in [1.165, 1.54) is 0 Å². The van der Waals surface area contributed by atoms with Gasteiger partial charge in [-0.3, -0.25) is 4.79 Å². The van der Waals surface area contributed by atoms with Crippen molar-refractivity contribution in [3.05, 3.63) is 64.7 Å². The van der Waals surface area contributed by atoms with E-state index < -0.39 is 0 Å². The van der Waals surface area contributed by atoms with E-state index in [0.717, 1.165) is 23.1 Å². The summed E-state index contributed by atoms with van der Waals surface area (Å²) in [5.41, 5.74) is 3.47. The van der Waals surface area contributed by atoms with Crippen LogP contribution in [0.15, 0.2) is 42.5 Å². The van der Waals surface area contributed by atoms with Crippen molar-refractivity contribution in [2.45, 2.75) is 6.42 Å². The molecule has 84 valence electrons. The summed E-state index contributed by atoms with van der Waals surface area (Å²) in [6.07, 6.45) is 0.766. The highest BCUT2D eigenvalue weighted by Crippen LogP contribution is 2.33. The van der Waals surface area contributed by atoms with Crippen molar-refractivity contribution in [3.63, 3.8) is 0 Å². The molecular formula is C14H10O2S. The van der Waals surface area contributed by atoms with Gasteiger partial charge in [0.25, 0.3) is 0 Å². The second-order valence-electron chi connectivity index (χ2n) is 4.04. The fraction of sp³-hybridized carbons (Fsp3) is 0.0714. The number of benzene rings is 2. The zero-order valence-corrected chi connectivity index (χ0v) is 9.91. The Kier molecular flexibility index (Phi) is 2.41. The number of thiol groups is 1. The molecular weight excluding hydrogens is 232 g/mol. The first-order valence-electron chi connectivity index (χ1n) is 5.37. The van der Waals surface area contributed by atoms with Crippen molar-refractivity contribution in [1.82, 2.24) is 0 Å². The van der Waals surface area contributed by atoms with Gasteiger partial charge >= 0.3 is 0 Å². The van der Waals surface area contributed by atoms with Crippen LogP contribution >= 0.6 is 12.9 Å². The molecule has 0 saturated heterocycles. The number of ketones is 1. The Morgan fingerprint density at radius 3 is 2.59 bits per heavy atom. The molecule has 0 spiro atoms. The number of hydrogen-bond donors (Lipinski definition) is 1. The first kappa shape index (κ1) is 10.4. The van der Waals surface area contributed by atoms with Gasteiger partial charge in [0.1, 0.15) is 5.75 Å². The molecule has 0 unspecified atom stereocenters. The maximum absolute atomic E-state index is 12.4. The van der Waals surface area contributed by atoms with Crippen molar-refractivity contribution in [2.24, 2.45) is 0 Å². The van der Waals surface area contributed by atoms with E-state index >= 15 is 0 Å². The summed E-state index contributed by atoms with van der Waals surface area (Å²) < 4.78 is 4.97. The van der Waals surface area contributed by atoms with Gasteiger partial charge in [0, 0.05) is 18.5 Å². The highest BCUT2D eigenvalue weighted by atomic mass is 32.1. The predicted octanol–water partition coefficient (Wildman–Crippen LogP) is 3.05. The standard InChI is InChI=1S/C14H10O2S/c15-14-11-6-2-1-4-9(11)8-10-5-3-7-12(16-17)13(10)14/h1-7,17H,8H2. The van der Waals surface area contributed by atoms with E-state index in [2.05, 4.69) is 12.9 Å². The Balaban J connectivity index is 2.24. The molecule has 0 bridgehead atoms. The van der Waals surface area contributed by atoms with Gasteiger partial charge in [-0.15, -0.1) is 0 Å². The van der Waals surface area contributed by atoms with Crippen LogP contribution in [0.4, 0.5) is 0 Å². The van der Waals surface area contributed by atoms with Crippen LogP contribution in [-0.4, -0.2) is 5.78 Å². The zero-order chi connectivity index (χ0) is 11.8. The number of carbonyl (C=O) groups excluding carboxylic acids is 1. The monoisotopic (exact) mass is 242 g/mol. The molecule has 0 saturated carbocycles. The summed E-state index contributed by atoms with van der Waals surface area (Å²) in [7, 11) is 0. The first-order chi connectivity index (χ1) is 8.31. The molecule has 0 fully saturated rings. The third kappa shape index (κ3) is 1.54. The molecule has 0 heterocycles. The van der Waals surface area contributed by atoms with E-state index in [4.69, 9.17) is 4.18 Å². The molecule has 3 heteroatoms. The third-order valence-corrected chi connectivity index (χ3v) is 3.28. The van der Waals surface area contributed by atoms with Gasteiger partial charge in [0.05, 0.1) is 5.56 Å². The smallest absolute Gasteiger partial charge is 0.197 e. The minimum atomic E-state index is 0.0199. The number of hydrogen-bond acceptors (Lipinski definition) is 3. The summed E-state index contributed by atoms with van der Waals surface area (Å²) in [6.45, 7) is 0. The summed E-state index contributed by atoms with van der Waals surface area (Å²) in [6, 6.07) is 13.3. The van der Waals surface area contributed by atoms with E-state index in [9.17, 15) is 4.79 Å². The molecule has 2 aromatic rings. The van der Waals surface area contributed by atoms with Gasteiger partial charge in [0.15, 0.2) is 5.78 Å². The molecule has 0 N–H and O–H groups in total. The number of carbonyl (C=O) groups is 1. The quantitative estimate of drug-likeness (QED) is 0.524. The zero-order valence-electron chi connectivity index (χ0n) is 9.01. The normalized spacial score (nSPS) is 12.9. The lowest BCUT2D eigenvalue weighted by Crippen LogP contribution is -2.15. The molecule has 3 rings (SSSR count). The van der Waals surface area contributed by atoms with Gasteiger partial charge in [0.2, 0.25) is 0 Å². The van der Waals surface area contributed by atoms with Crippen molar-refractivity contribution in [1.29, 1.82) is 0 Å². The summed E-state index contributed by atoms with van der Waals surface area (Å²) in [4.78, 5) is 12.4. The third-order valence-electron chi connectivity index (χ3n) is 3.08. The molecule has 2 aromatic carbocycles. The minimum Gasteiger partial charge on any atom is -0.428 e. The Hall–Kier alpha value is -1.74. The SMILES string of the molecule is O=C1c2ccccc2Cc2cccc(OS)c21. The Morgan fingerprint density at radius 2 is 1.76 bits per heavy atom. The Labute approximate surface area is 105 Å². The molecule has 1 aliphatic carbocycles. The van der Waals surface area contributed by atoms with Crippen LogP contribution in [0, 0.1) is 0 Å². The van der Waals surface area contributed by atoms with Crippen LogP contribution in [0.25, 0.3) is 0 Å². The Morgan fingerprint density at radius 1 is 1.00 bits per heavy atom. The molecule has 0 aliphatic heterocycles. The highest BCUT2D eigenvalue weighted by Gasteiger charge is 2.25. The molecule has 0 radical (unpaired) electrons. The molecule has 1 aliphatic rings. The van der Waals surface area contributed by atoms with Crippen LogP contribution in [-0.2, 0) is 6.42 Å². The van der Waals surface area contributed by atoms with Gasteiger partial charge in [-0.2, -0.15) is 0 Å². The summed E-state index contributed by atoms with van der Waals surface area (Å²) >= 11 is 3.80. The van der Waals surface area contributed by atoms with Gasteiger partial charge in [-0.05, 0) is 23.6 Å². The summed E-state index contributed by atoms with van der Waals surface area (Å²) in [5, 5.41) is 0. The highest BCUT2D eigenvalue weighted by molar-refractivity contribution is 7.75. The van der Waals surface area contributed by atoms with Crippen molar-refractivity contribution < 1.29 is 8.98 Å². The lowest BCUT2D eigenvalue weighted by Gasteiger charge is -2.19. The average molecular weight is 242 g/mol. The van der Waals surface area contributed by atoms with Crippen molar-refractivity contribution >= 4 is 18.7 Å². The maximum atomic E-state index is 12.4. The second kappa shape index (κ2) is 3.93. The molecule has 0 aromatic heterocycles. The Bertz CT molecular complexity index is 605. The largest absolute Gasteiger partial charge is 0.428 e. The van der Waals surface area contributed by atoms with Crippen molar-refractivity contribution in [3.8, 4) is 5.75 Å². The minimum absolute atomic E-state index is 0.0199. The lowest BCUT2D eigenvalue weighted by molar-refractivity contribution is 0.103. The van der Waals surface area contributed by atoms with Gasteiger partial charge in [-0.25, -0.2) is 0 Å². The first-order valence-corrected chi connectivity index (χ1v) is 5.73. The number of fused-ring (bicyclic) bond motifs is 2. The molecule has 0 atom stereocenters. The van der Waals surface area contributed by atoms with E-state index in [1.807, 2.05) is 36.4 Å². The van der Waals surface area contributed by atoms with Crippen LogP contribution < -0.4 is 4.18 Å². The maximum Gasteiger partial charge on any atom is 0.197 e. The predicted molar refractivity (Wildman–Crippen MR) is 68.7 cm³/mol. The van der Waals surface area contributed by atoms with Gasteiger partial charge < -0.3 is 4.18 Å². The second-order valence-corrected chi connectivity index (χ2v) is 4.23. The fourth-order valence-electron chi connectivity index (χ4n) is 2.29. The molecule has 17 heavy (non-hydrogen) atoms. The molecule has 0 amide bonds. The summed E-state index contributed by atoms with van der Waals surface area (Å²) in [5.74, 6) is 0.553. The average Bonchev–Trinajstić information content (AvgIpc) is 2.38. The fourth-order valence-corrected chi connectivity index (χ4v) is 2.45. The lowest BCUT2D eigenvalue weighted by atomic mass is 9.85. The van der Waals surface area contributed by atoms with Gasteiger partial charge in [-0.1, -0.05) is 36.4 Å².